The van der Waals surface area contributed by atoms with Gasteiger partial charge in [-0.25, -0.2) is 0 Å². The second-order valence-electron chi connectivity index (χ2n) is 7.15. The van der Waals surface area contributed by atoms with Gasteiger partial charge >= 0.3 is 0 Å². The van der Waals surface area contributed by atoms with Crippen LogP contribution in [-0.2, 0) is 0 Å². The Bertz CT molecular complexity index is 921. The number of nitrogens with zero attached hydrogens (tertiary/aromatic N) is 2. The number of hydrogen-bond acceptors (Lipinski definition) is 6. The predicted octanol–water partition coefficient (Wildman–Crippen LogP) is 7.89. The fourth-order valence-electron chi connectivity index (χ4n) is 2.93. The van der Waals surface area contributed by atoms with Crippen molar-refractivity contribution >= 4 is 22.7 Å². The lowest BCUT2D eigenvalue weighted by molar-refractivity contribution is 0.287. The normalized spacial score (nSPS) is 11.0. The van der Waals surface area contributed by atoms with Crippen LogP contribution in [0.2, 0.25) is 0 Å². The third-order valence-electron chi connectivity index (χ3n) is 4.64. The molecule has 1 aromatic heterocycles. The molecule has 0 aliphatic carbocycles. The summed E-state index contributed by atoms with van der Waals surface area (Å²) in [4.78, 5) is 0. The van der Waals surface area contributed by atoms with E-state index >= 15 is 0 Å². The van der Waals surface area contributed by atoms with Crippen LogP contribution in [0.4, 0.5) is 11.4 Å². The smallest absolute Gasteiger partial charge is 0.132 e. The number of rotatable bonds is 13. The summed E-state index contributed by atoms with van der Waals surface area (Å²) in [5, 5.41) is 12.7. The fourth-order valence-corrected chi connectivity index (χ4v) is 3.69. The molecule has 0 bridgehead atoms. The van der Waals surface area contributed by atoms with Crippen LogP contribution < -0.4 is 14.2 Å². The lowest BCUT2D eigenvalue weighted by atomic mass is 10.2. The molecule has 0 fully saturated rings. The minimum atomic E-state index is 0.653. The highest BCUT2D eigenvalue weighted by atomic mass is 32.1. The van der Waals surface area contributed by atoms with Crippen molar-refractivity contribution in [1.82, 2.24) is 0 Å². The standard InChI is InChI=1S/C25H30N2O3S/c1-3-28-23-12-8-21(9-13-23)26-27-22-10-14-24(15-11-22)29-16-6-4-5-7-17-30-25-19-31-18-20(25)2/h8-15,18-19H,3-7,16-17H2,1-2H3. The molecule has 31 heavy (non-hydrogen) atoms. The van der Waals surface area contributed by atoms with Gasteiger partial charge in [0.25, 0.3) is 0 Å². The Balaban J connectivity index is 1.29. The number of ether oxygens (including phenoxy) is 3. The number of azo groups is 1. The molecule has 3 rings (SSSR count). The van der Waals surface area contributed by atoms with E-state index in [-0.39, 0.29) is 0 Å². The van der Waals surface area contributed by atoms with E-state index in [0.717, 1.165) is 67.5 Å². The van der Waals surface area contributed by atoms with Gasteiger partial charge in [-0.1, -0.05) is 0 Å². The third-order valence-corrected chi connectivity index (χ3v) is 5.48. The zero-order valence-corrected chi connectivity index (χ0v) is 19.1. The predicted molar refractivity (Wildman–Crippen MR) is 127 cm³/mol. The highest BCUT2D eigenvalue weighted by molar-refractivity contribution is 7.08. The summed E-state index contributed by atoms with van der Waals surface area (Å²) in [5.41, 5.74) is 2.81. The molecule has 0 saturated carbocycles. The van der Waals surface area contributed by atoms with Crippen LogP contribution in [-0.4, -0.2) is 19.8 Å². The molecule has 2 aromatic carbocycles. The number of thiophene rings is 1. The van der Waals surface area contributed by atoms with E-state index < -0.39 is 0 Å². The van der Waals surface area contributed by atoms with Gasteiger partial charge in [0, 0.05) is 10.9 Å². The van der Waals surface area contributed by atoms with Crippen molar-refractivity contribution in [2.45, 2.75) is 39.5 Å². The van der Waals surface area contributed by atoms with Crippen LogP contribution in [0.5, 0.6) is 17.2 Å². The first-order valence-electron chi connectivity index (χ1n) is 10.8. The van der Waals surface area contributed by atoms with E-state index in [2.05, 4.69) is 27.9 Å². The van der Waals surface area contributed by atoms with Gasteiger partial charge in [0.15, 0.2) is 0 Å². The number of benzene rings is 2. The van der Waals surface area contributed by atoms with Gasteiger partial charge in [-0.15, -0.1) is 11.3 Å². The van der Waals surface area contributed by atoms with E-state index in [9.17, 15) is 0 Å². The second kappa shape index (κ2) is 12.7. The summed E-state index contributed by atoms with van der Waals surface area (Å²) in [6, 6.07) is 15.3. The second-order valence-corrected chi connectivity index (χ2v) is 7.89. The van der Waals surface area contributed by atoms with Gasteiger partial charge in [0.2, 0.25) is 0 Å². The molecular formula is C25H30N2O3S. The molecule has 0 radical (unpaired) electrons. The minimum absolute atomic E-state index is 0.653. The highest BCUT2D eigenvalue weighted by Gasteiger charge is 2.00. The Morgan fingerprint density at radius 2 is 1.23 bits per heavy atom. The molecule has 0 aliphatic rings. The van der Waals surface area contributed by atoms with E-state index in [1.807, 2.05) is 55.5 Å². The molecule has 1 heterocycles. The van der Waals surface area contributed by atoms with E-state index in [4.69, 9.17) is 14.2 Å². The fraction of sp³-hybridized carbons (Fsp3) is 0.360. The molecule has 0 aliphatic heterocycles. The quantitative estimate of drug-likeness (QED) is 0.201. The molecule has 0 spiro atoms. The zero-order chi connectivity index (χ0) is 21.7. The topological polar surface area (TPSA) is 52.4 Å². The van der Waals surface area contributed by atoms with Crippen LogP contribution in [0.25, 0.3) is 0 Å². The molecule has 164 valence electrons. The largest absolute Gasteiger partial charge is 0.494 e. The lowest BCUT2D eigenvalue weighted by Crippen LogP contribution is -1.99. The molecule has 6 heteroatoms. The lowest BCUT2D eigenvalue weighted by Gasteiger charge is -2.07. The Labute approximate surface area is 188 Å². The zero-order valence-electron chi connectivity index (χ0n) is 18.3. The first-order valence-corrected chi connectivity index (χ1v) is 11.7. The number of aryl methyl sites for hydroxylation is 1. The van der Waals surface area contributed by atoms with E-state index in [0.29, 0.717) is 6.61 Å². The average Bonchev–Trinajstić information content (AvgIpc) is 3.21. The first-order chi connectivity index (χ1) is 15.2. The van der Waals surface area contributed by atoms with Crippen LogP contribution in [0, 0.1) is 6.92 Å². The summed E-state index contributed by atoms with van der Waals surface area (Å²) in [5.74, 6) is 2.72. The maximum Gasteiger partial charge on any atom is 0.132 e. The van der Waals surface area contributed by atoms with Gasteiger partial charge in [-0.05, 0) is 93.4 Å². The van der Waals surface area contributed by atoms with Crippen molar-refractivity contribution in [2.75, 3.05) is 19.8 Å². The molecule has 0 N–H and O–H groups in total. The summed E-state index contributed by atoms with van der Waals surface area (Å²) >= 11 is 1.69. The van der Waals surface area contributed by atoms with Crippen LogP contribution >= 0.6 is 11.3 Å². The minimum Gasteiger partial charge on any atom is -0.494 e. The van der Waals surface area contributed by atoms with Crippen molar-refractivity contribution in [1.29, 1.82) is 0 Å². The SMILES string of the molecule is CCOc1ccc(N=Nc2ccc(OCCCCCCOc3cscc3C)cc2)cc1. The van der Waals surface area contributed by atoms with Crippen molar-refractivity contribution in [3.8, 4) is 17.2 Å². The molecule has 3 aromatic rings. The number of hydrogen-bond donors (Lipinski definition) is 0. The summed E-state index contributed by atoms with van der Waals surface area (Å²) in [6.45, 7) is 6.20. The molecule has 0 atom stereocenters. The van der Waals surface area contributed by atoms with Gasteiger partial charge in [0.05, 0.1) is 31.2 Å². The van der Waals surface area contributed by atoms with Crippen LogP contribution in [0.15, 0.2) is 69.5 Å². The van der Waals surface area contributed by atoms with Gasteiger partial charge in [-0.3, -0.25) is 0 Å². The Hall–Kier alpha value is -2.86. The maximum absolute atomic E-state index is 5.83. The molecular weight excluding hydrogens is 408 g/mol. The van der Waals surface area contributed by atoms with Gasteiger partial charge in [-0.2, -0.15) is 10.2 Å². The van der Waals surface area contributed by atoms with E-state index in [1.54, 1.807) is 11.3 Å². The molecule has 0 saturated heterocycles. The third kappa shape index (κ3) is 8.06. The first kappa shape index (κ1) is 22.8. The molecule has 0 amide bonds. The maximum atomic E-state index is 5.83. The Morgan fingerprint density at radius 3 is 1.74 bits per heavy atom. The van der Waals surface area contributed by atoms with Gasteiger partial charge < -0.3 is 14.2 Å². The van der Waals surface area contributed by atoms with Crippen molar-refractivity contribution in [3.05, 3.63) is 64.9 Å². The summed E-state index contributed by atoms with van der Waals surface area (Å²) in [7, 11) is 0. The van der Waals surface area contributed by atoms with Crippen molar-refractivity contribution < 1.29 is 14.2 Å². The van der Waals surface area contributed by atoms with Crippen molar-refractivity contribution in [2.24, 2.45) is 10.2 Å². The number of unbranched alkanes of at least 4 members (excludes halogenated alkanes) is 3. The molecule has 0 unspecified atom stereocenters. The monoisotopic (exact) mass is 438 g/mol. The van der Waals surface area contributed by atoms with Crippen LogP contribution in [0.3, 0.4) is 0 Å². The summed E-state index contributed by atoms with van der Waals surface area (Å²) in [6.07, 6.45) is 4.40. The Kier molecular flexibility index (Phi) is 9.38. The summed E-state index contributed by atoms with van der Waals surface area (Å²) < 4.78 is 17.0. The van der Waals surface area contributed by atoms with Crippen LogP contribution in [0.1, 0.15) is 38.2 Å². The van der Waals surface area contributed by atoms with Crippen molar-refractivity contribution in [3.63, 3.8) is 0 Å². The van der Waals surface area contributed by atoms with Gasteiger partial charge in [0.1, 0.15) is 17.2 Å². The Morgan fingerprint density at radius 1 is 0.677 bits per heavy atom. The average molecular weight is 439 g/mol. The highest BCUT2D eigenvalue weighted by Crippen LogP contribution is 2.24. The van der Waals surface area contributed by atoms with E-state index in [1.165, 1.54) is 5.56 Å². The molecule has 5 nitrogen and oxygen atoms in total.